The zero-order chi connectivity index (χ0) is 14.7. The number of fused-ring (bicyclic) bond motifs is 1. The average molecular weight is 289 g/mol. The Labute approximate surface area is 128 Å². The lowest BCUT2D eigenvalue weighted by molar-refractivity contribution is -0.170. The molecule has 4 unspecified atom stereocenters. The lowest BCUT2D eigenvalue weighted by Crippen LogP contribution is -2.59. The van der Waals surface area contributed by atoms with Crippen LogP contribution in [0.15, 0.2) is 24.3 Å². The van der Waals surface area contributed by atoms with E-state index in [2.05, 4.69) is 36.5 Å². The first-order chi connectivity index (χ1) is 10.3. The minimum absolute atomic E-state index is 0.212. The quantitative estimate of drug-likeness (QED) is 0.872. The molecule has 116 valence electrons. The summed E-state index contributed by atoms with van der Waals surface area (Å²) >= 11 is 0. The number of ether oxygens (including phenoxy) is 2. The van der Waals surface area contributed by atoms with Gasteiger partial charge in [0.25, 0.3) is 0 Å². The van der Waals surface area contributed by atoms with Crippen LogP contribution in [0.3, 0.4) is 0 Å². The third-order valence-electron chi connectivity index (χ3n) is 4.79. The van der Waals surface area contributed by atoms with E-state index in [4.69, 9.17) is 9.47 Å². The van der Waals surface area contributed by atoms with Crippen LogP contribution in [0.5, 0.6) is 0 Å². The minimum Gasteiger partial charge on any atom is -0.374 e. The van der Waals surface area contributed by atoms with Gasteiger partial charge in [-0.15, -0.1) is 0 Å². The smallest absolute Gasteiger partial charge is 0.0990 e. The Morgan fingerprint density at radius 1 is 1.29 bits per heavy atom. The van der Waals surface area contributed by atoms with Gasteiger partial charge in [-0.3, -0.25) is 0 Å². The summed E-state index contributed by atoms with van der Waals surface area (Å²) in [5.74, 6) is 0. The van der Waals surface area contributed by atoms with Gasteiger partial charge in [-0.2, -0.15) is 0 Å². The molecule has 0 aromatic heterocycles. The van der Waals surface area contributed by atoms with Crippen molar-refractivity contribution < 1.29 is 9.47 Å². The Bertz CT molecular complexity index is 462. The van der Waals surface area contributed by atoms with Crippen LogP contribution in [0.25, 0.3) is 0 Å². The van der Waals surface area contributed by atoms with Crippen molar-refractivity contribution in [3.8, 4) is 0 Å². The molecule has 0 saturated heterocycles. The van der Waals surface area contributed by atoms with E-state index in [0.29, 0.717) is 6.04 Å². The highest BCUT2D eigenvalue weighted by Gasteiger charge is 2.43. The molecule has 1 aromatic rings. The van der Waals surface area contributed by atoms with Gasteiger partial charge in [0.2, 0.25) is 0 Å². The van der Waals surface area contributed by atoms with E-state index in [9.17, 15) is 0 Å². The molecule has 0 heterocycles. The summed E-state index contributed by atoms with van der Waals surface area (Å²) in [6.07, 6.45) is 6.38. The summed E-state index contributed by atoms with van der Waals surface area (Å²) in [6, 6.07) is 9.18. The van der Waals surface area contributed by atoms with E-state index in [0.717, 1.165) is 25.9 Å². The Morgan fingerprint density at radius 2 is 2.14 bits per heavy atom. The van der Waals surface area contributed by atoms with Crippen LogP contribution in [-0.4, -0.2) is 31.9 Å². The van der Waals surface area contributed by atoms with Crippen molar-refractivity contribution in [2.45, 2.75) is 63.4 Å². The molecule has 1 saturated carbocycles. The summed E-state index contributed by atoms with van der Waals surface area (Å²) in [4.78, 5) is 0. The highest BCUT2D eigenvalue weighted by Crippen LogP contribution is 2.37. The fraction of sp³-hybridized carbons (Fsp3) is 0.667. The molecule has 3 nitrogen and oxygen atoms in total. The Hall–Kier alpha value is -0.900. The summed E-state index contributed by atoms with van der Waals surface area (Å²) in [5, 5.41) is 3.34. The molecule has 2 aliphatic rings. The summed E-state index contributed by atoms with van der Waals surface area (Å²) < 4.78 is 12.4. The fourth-order valence-corrected chi connectivity index (χ4v) is 3.54. The van der Waals surface area contributed by atoms with E-state index in [-0.39, 0.29) is 18.3 Å². The van der Waals surface area contributed by atoms with Crippen molar-refractivity contribution in [3.63, 3.8) is 0 Å². The maximum atomic E-state index is 6.43. The number of aryl methyl sites for hydroxylation is 1. The van der Waals surface area contributed by atoms with Gasteiger partial charge in [0, 0.05) is 12.6 Å². The molecule has 2 aliphatic carbocycles. The Balaban J connectivity index is 1.64. The highest BCUT2D eigenvalue weighted by molar-refractivity contribution is 5.31. The molecule has 0 radical (unpaired) electrons. The number of rotatable bonds is 6. The number of nitrogens with one attached hydrogen (secondary N) is 1. The number of benzene rings is 1. The molecule has 1 aromatic carbocycles. The largest absolute Gasteiger partial charge is 0.374 e. The van der Waals surface area contributed by atoms with Gasteiger partial charge in [0.15, 0.2) is 0 Å². The van der Waals surface area contributed by atoms with Crippen LogP contribution >= 0.6 is 0 Å². The third kappa shape index (κ3) is 3.15. The normalized spacial score (nSPS) is 31.5. The first kappa shape index (κ1) is 15.0. The van der Waals surface area contributed by atoms with Crippen molar-refractivity contribution >= 4 is 0 Å². The molecule has 3 rings (SSSR count). The van der Waals surface area contributed by atoms with Gasteiger partial charge in [-0.25, -0.2) is 0 Å². The second-order valence-electron chi connectivity index (χ2n) is 6.22. The first-order valence-corrected chi connectivity index (χ1v) is 8.35. The minimum atomic E-state index is 0.212. The molecule has 0 spiro atoms. The predicted molar refractivity (Wildman–Crippen MR) is 84.5 cm³/mol. The summed E-state index contributed by atoms with van der Waals surface area (Å²) in [7, 11) is 2.01. The number of likely N-dealkylation sites (N-methyl/N-ethyl adjacent to an activating group) is 1. The molecule has 4 atom stereocenters. The third-order valence-corrected chi connectivity index (χ3v) is 4.79. The van der Waals surface area contributed by atoms with Crippen LogP contribution in [0.4, 0.5) is 0 Å². The number of hydrogen-bond donors (Lipinski definition) is 1. The maximum absolute atomic E-state index is 6.43. The van der Waals surface area contributed by atoms with Crippen LogP contribution < -0.4 is 5.32 Å². The molecular weight excluding hydrogens is 262 g/mol. The van der Waals surface area contributed by atoms with Crippen molar-refractivity contribution in [2.24, 2.45) is 0 Å². The SMILES string of the molecule is CCCOC1C(NC)CC1OC1CCCc2ccccc21. The van der Waals surface area contributed by atoms with Crippen LogP contribution in [-0.2, 0) is 15.9 Å². The molecule has 0 amide bonds. The second kappa shape index (κ2) is 6.91. The van der Waals surface area contributed by atoms with E-state index in [1.165, 1.54) is 24.0 Å². The molecule has 3 heteroatoms. The molecule has 0 aliphatic heterocycles. The van der Waals surface area contributed by atoms with Crippen molar-refractivity contribution in [1.82, 2.24) is 5.32 Å². The van der Waals surface area contributed by atoms with Crippen LogP contribution in [0.2, 0.25) is 0 Å². The van der Waals surface area contributed by atoms with Gasteiger partial charge < -0.3 is 14.8 Å². The van der Waals surface area contributed by atoms with Gasteiger partial charge in [0.05, 0.1) is 18.3 Å². The van der Waals surface area contributed by atoms with Crippen molar-refractivity contribution in [1.29, 1.82) is 0 Å². The molecule has 1 fully saturated rings. The van der Waals surface area contributed by atoms with Gasteiger partial charge in [0.1, 0.15) is 0 Å². The molecule has 0 bridgehead atoms. The average Bonchev–Trinajstić information content (AvgIpc) is 2.51. The summed E-state index contributed by atoms with van der Waals surface area (Å²) in [6.45, 7) is 2.98. The summed E-state index contributed by atoms with van der Waals surface area (Å²) in [5.41, 5.74) is 2.86. The standard InChI is InChI=1S/C18H27NO2/c1-3-11-20-18-15(19-2)12-17(18)21-16-10-6-8-13-7-4-5-9-14(13)16/h4-5,7,9,15-19H,3,6,8,10-12H2,1-2H3. The van der Waals surface area contributed by atoms with Crippen molar-refractivity contribution in [2.75, 3.05) is 13.7 Å². The van der Waals surface area contributed by atoms with Crippen molar-refractivity contribution in [3.05, 3.63) is 35.4 Å². The fourth-order valence-electron chi connectivity index (χ4n) is 3.54. The lowest BCUT2D eigenvalue weighted by atomic mass is 9.84. The van der Waals surface area contributed by atoms with Gasteiger partial charge in [-0.05, 0) is 50.3 Å². The van der Waals surface area contributed by atoms with Gasteiger partial charge >= 0.3 is 0 Å². The predicted octanol–water partition coefficient (Wildman–Crippen LogP) is 3.24. The molecular formula is C18H27NO2. The van der Waals surface area contributed by atoms with E-state index in [1.807, 2.05) is 7.05 Å². The zero-order valence-corrected chi connectivity index (χ0v) is 13.2. The van der Waals surface area contributed by atoms with E-state index < -0.39 is 0 Å². The Kier molecular flexibility index (Phi) is 4.94. The topological polar surface area (TPSA) is 30.5 Å². The first-order valence-electron chi connectivity index (χ1n) is 8.35. The zero-order valence-electron chi connectivity index (χ0n) is 13.2. The van der Waals surface area contributed by atoms with Gasteiger partial charge in [-0.1, -0.05) is 31.2 Å². The van der Waals surface area contributed by atoms with Crippen LogP contribution in [0, 0.1) is 0 Å². The maximum Gasteiger partial charge on any atom is 0.0990 e. The van der Waals surface area contributed by atoms with E-state index >= 15 is 0 Å². The van der Waals surface area contributed by atoms with Crippen LogP contribution in [0.1, 0.15) is 49.8 Å². The monoisotopic (exact) mass is 289 g/mol. The molecule has 1 N–H and O–H groups in total. The molecule has 21 heavy (non-hydrogen) atoms. The van der Waals surface area contributed by atoms with E-state index in [1.54, 1.807) is 0 Å². The Morgan fingerprint density at radius 3 is 2.95 bits per heavy atom. The number of hydrogen-bond acceptors (Lipinski definition) is 3. The second-order valence-corrected chi connectivity index (χ2v) is 6.22. The lowest BCUT2D eigenvalue weighted by Gasteiger charge is -2.45. The highest BCUT2D eigenvalue weighted by atomic mass is 16.6.